The van der Waals surface area contributed by atoms with Crippen LogP contribution in [0.25, 0.3) is 0 Å². The van der Waals surface area contributed by atoms with E-state index < -0.39 is 0 Å². The highest BCUT2D eigenvalue weighted by Gasteiger charge is 1.92. The second-order valence-corrected chi connectivity index (χ2v) is 2.74. The average molecular weight is 159 g/mol. The van der Waals surface area contributed by atoms with Gasteiger partial charge in [0.15, 0.2) is 0 Å². The van der Waals surface area contributed by atoms with Gasteiger partial charge in [-0.1, -0.05) is 13.3 Å². The van der Waals surface area contributed by atoms with Gasteiger partial charge < -0.3 is 9.47 Å². The maximum absolute atomic E-state index is 5.28. The van der Waals surface area contributed by atoms with E-state index in [1.165, 1.54) is 0 Å². The van der Waals surface area contributed by atoms with Crippen LogP contribution < -0.4 is 0 Å². The second-order valence-electron chi connectivity index (χ2n) is 2.74. The summed E-state index contributed by atoms with van der Waals surface area (Å²) in [6.07, 6.45) is 2.30. The van der Waals surface area contributed by atoms with E-state index >= 15 is 0 Å². The Bertz CT molecular complexity index is 72.0. The first-order chi connectivity index (χ1) is 5.27. The standard InChI is InChI=1S/C9H19O2/c1-4-5-6-10-7-8-11-9(2)3/h9H,1,4-8H2,2-3H3. The van der Waals surface area contributed by atoms with Gasteiger partial charge in [-0.25, -0.2) is 0 Å². The Morgan fingerprint density at radius 3 is 2.45 bits per heavy atom. The topological polar surface area (TPSA) is 18.5 Å². The van der Waals surface area contributed by atoms with Gasteiger partial charge in [-0.3, -0.25) is 0 Å². The molecule has 0 bridgehead atoms. The SMILES string of the molecule is [CH2]CCCOCCOC(C)C. The molecule has 0 heterocycles. The van der Waals surface area contributed by atoms with Crippen LogP contribution in [0.5, 0.6) is 0 Å². The molecule has 0 aromatic heterocycles. The van der Waals surface area contributed by atoms with Crippen molar-refractivity contribution in [3.63, 3.8) is 0 Å². The molecular formula is C9H19O2. The van der Waals surface area contributed by atoms with Crippen LogP contribution in [-0.2, 0) is 9.47 Å². The van der Waals surface area contributed by atoms with Crippen LogP contribution in [0.2, 0.25) is 0 Å². The van der Waals surface area contributed by atoms with Crippen molar-refractivity contribution in [2.75, 3.05) is 19.8 Å². The molecule has 0 saturated heterocycles. The Labute approximate surface area is 69.9 Å². The van der Waals surface area contributed by atoms with Gasteiger partial charge in [-0.05, 0) is 20.3 Å². The van der Waals surface area contributed by atoms with Gasteiger partial charge >= 0.3 is 0 Å². The first-order valence-electron chi connectivity index (χ1n) is 4.26. The molecule has 11 heavy (non-hydrogen) atoms. The molecule has 2 heteroatoms. The number of hydrogen-bond acceptors (Lipinski definition) is 2. The van der Waals surface area contributed by atoms with Crippen LogP contribution in [0, 0.1) is 6.92 Å². The van der Waals surface area contributed by atoms with Crippen molar-refractivity contribution >= 4 is 0 Å². The summed E-state index contributed by atoms with van der Waals surface area (Å²) < 4.78 is 10.5. The molecule has 0 atom stereocenters. The van der Waals surface area contributed by atoms with Gasteiger partial charge in [0.2, 0.25) is 0 Å². The highest BCUT2D eigenvalue weighted by atomic mass is 16.5. The molecule has 1 radical (unpaired) electrons. The quantitative estimate of drug-likeness (QED) is 0.529. The minimum atomic E-state index is 0.312. The molecule has 0 aliphatic rings. The predicted molar refractivity (Wildman–Crippen MR) is 46.5 cm³/mol. The third kappa shape index (κ3) is 9.92. The van der Waals surface area contributed by atoms with Gasteiger partial charge in [-0.15, -0.1) is 0 Å². The maximum atomic E-state index is 5.28. The number of rotatable bonds is 7. The maximum Gasteiger partial charge on any atom is 0.0703 e. The average Bonchev–Trinajstić information content (AvgIpc) is 1.96. The van der Waals surface area contributed by atoms with Crippen LogP contribution in [0.15, 0.2) is 0 Å². The van der Waals surface area contributed by atoms with Gasteiger partial charge in [0.05, 0.1) is 19.3 Å². The molecule has 67 valence electrons. The molecule has 0 spiro atoms. The molecule has 0 aromatic rings. The molecule has 0 aromatic carbocycles. The predicted octanol–water partition coefficient (Wildman–Crippen LogP) is 2.04. The molecule has 0 aliphatic carbocycles. The van der Waals surface area contributed by atoms with Crippen molar-refractivity contribution in [1.29, 1.82) is 0 Å². The van der Waals surface area contributed by atoms with E-state index in [0.717, 1.165) is 19.4 Å². The molecule has 0 amide bonds. The largest absolute Gasteiger partial charge is 0.379 e. The second kappa shape index (κ2) is 8.02. The van der Waals surface area contributed by atoms with E-state index in [-0.39, 0.29) is 0 Å². The normalized spacial score (nSPS) is 10.9. The van der Waals surface area contributed by atoms with Crippen LogP contribution in [-0.4, -0.2) is 25.9 Å². The van der Waals surface area contributed by atoms with Crippen molar-refractivity contribution in [1.82, 2.24) is 0 Å². The number of ether oxygens (including phenoxy) is 2. The van der Waals surface area contributed by atoms with E-state index in [4.69, 9.17) is 9.47 Å². The molecule has 2 nitrogen and oxygen atoms in total. The van der Waals surface area contributed by atoms with Crippen molar-refractivity contribution < 1.29 is 9.47 Å². The highest BCUT2D eigenvalue weighted by Crippen LogP contribution is 1.89. The summed E-state index contributed by atoms with van der Waals surface area (Å²) in [6.45, 7) is 9.99. The fourth-order valence-electron chi connectivity index (χ4n) is 0.649. The molecule has 0 saturated carbocycles. The summed E-state index contributed by atoms with van der Waals surface area (Å²) in [4.78, 5) is 0. The van der Waals surface area contributed by atoms with E-state index in [2.05, 4.69) is 6.92 Å². The highest BCUT2D eigenvalue weighted by molar-refractivity contribution is 4.40. The van der Waals surface area contributed by atoms with Gasteiger partial charge in [-0.2, -0.15) is 0 Å². The number of unbranched alkanes of at least 4 members (excludes halogenated alkanes) is 1. The Morgan fingerprint density at radius 2 is 1.91 bits per heavy atom. The van der Waals surface area contributed by atoms with Crippen LogP contribution in [0.1, 0.15) is 26.7 Å². The van der Waals surface area contributed by atoms with Crippen molar-refractivity contribution in [3.8, 4) is 0 Å². The summed E-state index contributed by atoms with van der Waals surface area (Å²) in [7, 11) is 0. The van der Waals surface area contributed by atoms with Crippen LogP contribution in [0.4, 0.5) is 0 Å². The first-order valence-corrected chi connectivity index (χ1v) is 4.26. The summed E-state index contributed by atoms with van der Waals surface area (Å²) in [5.41, 5.74) is 0. The van der Waals surface area contributed by atoms with Crippen LogP contribution in [0.3, 0.4) is 0 Å². The summed E-state index contributed by atoms with van der Waals surface area (Å²) in [6, 6.07) is 0. The Kier molecular flexibility index (Phi) is 7.96. The van der Waals surface area contributed by atoms with Gasteiger partial charge in [0.25, 0.3) is 0 Å². The Hall–Kier alpha value is -0.0800. The van der Waals surface area contributed by atoms with Crippen molar-refractivity contribution in [3.05, 3.63) is 6.92 Å². The van der Waals surface area contributed by atoms with Crippen molar-refractivity contribution in [2.24, 2.45) is 0 Å². The minimum Gasteiger partial charge on any atom is -0.379 e. The smallest absolute Gasteiger partial charge is 0.0703 e. The Morgan fingerprint density at radius 1 is 1.18 bits per heavy atom. The monoisotopic (exact) mass is 159 g/mol. The molecule has 0 rings (SSSR count). The lowest BCUT2D eigenvalue weighted by Crippen LogP contribution is -2.09. The van der Waals surface area contributed by atoms with E-state index in [0.29, 0.717) is 19.3 Å². The van der Waals surface area contributed by atoms with Gasteiger partial charge in [0.1, 0.15) is 0 Å². The zero-order valence-corrected chi connectivity index (χ0v) is 7.64. The third-order valence-electron chi connectivity index (χ3n) is 1.22. The first kappa shape index (κ1) is 10.9. The van der Waals surface area contributed by atoms with E-state index in [1.54, 1.807) is 0 Å². The van der Waals surface area contributed by atoms with E-state index in [9.17, 15) is 0 Å². The lowest BCUT2D eigenvalue weighted by Gasteiger charge is -2.07. The summed E-state index contributed by atoms with van der Waals surface area (Å²) >= 11 is 0. The lowest BCUT2D eigenvalue weighted by molar-refractivity contribution is 0.0191. The van der Waals surface area contributed by atoms with Crippen molar-refractivity contribution in [2.45, 2.75) is 32.8 Å². The zero-order chi connectivity index (χ0) is 8.53. The molecule has 0 unspecified atom stereocenters. The molecule has 0 aliphatic heterocycles. The zero-order valence-electron chi connectivity index (χ0n) is 7.64. The molecule has 0 fully saturated rings. The fraction of sp³-hybridized carbons (Fsp3) is 0.889. The summed E-state index contributed by atoms with van der Waals surface area (Å²) in [5.74, 6) is 0. The lowest BCUT2D eigenvalue weighted by atomic mass is 10.4. The fourth-order valence-corrected chi connectivity index (χ4v) is 0.649. The van der Waals surface area contributed by atoms with Gasteiger partial charge in [0, 0.05) is 6.61 Å². The Balaban J connectivity index is 2.80. The minimum absolute atomic E-state index is 0.312. The molecule has 0 N–H and O–H groups in total. The third-order valence-corrected chi connectivity index (χ3v) is 1.22. The summed E-state index contributed by atoms with van der Waals surface area (Å²) in [5, 5.41) is 0. The molecular weight excluding hydrogens is 140 g/mol. The number of hydrogen-bond donors (Lipinski definition) is 0. The van der Waals surface area contributed by atoms with E-state index in [1.807, 2.05) is 13.8 Å². The van der Waals surface area contributed by atoms with Crippen LogP contribution >= 0.6 is 0 Å².